The monoisotopic (exact) mass is 305 g/mol. The molecule has 0 radical (unpaired) electrons. The van der Waals surface area contributed by atoms with Crippen LogP contribution in [0.2, 0.25) is 0 Å². The Bertz CT molecular complexity index is 899. The van der Waals surface area contributed by atoms with Gasteiger partial charge in [-0.25, -0.2) is 0 Å². The second kappa shape index (κ2) is 4.91. The Balaban J connectivity index is 2.42. The van der Waals surface area contributed by atoms with Gasteiger partial charge in [-0.3, -0.25) is 4.79 Å². The van der Waals surface area contributed by atoms with Crippen molar-refractivity contribution in [2.45, 2.75) is 6.18 Å². The lowest BCUT2D eigenvalue weighted by Crippen LogP contribution is -2.09. The lowest BCUT2D eigenvalue weighted by molar-refractivity contribution is -0.137. The van der Waals surface area contributed by atoms with Gasteiger partial charge in [-0.15, -0.1) is 0 Å². The van der Waals surface area contributed by atoms with Gasteiger partial charge >= 0.3 is 6.18 Å². The molecule has 0 spiro atoms. The maximum Gasteiger partial charge on any atom is 0.416 e. The lowest BCUT2D eigenvalue weighted by atomic mass is 9.98. The van der Waals surface area contributed by atoms with Crippen molar-refractivity contribution in [3.05, 3.63) is 64.4 Å². The highest BCUT2D eigenvalue weighted by atomic mass is 19.4. The molecule has 3 rings (SSSR count). The highest BCUT2D eigenvalue weighted by molar-refractivity contribution is 5.97. The van der Waals surface area contributed by atoms with Crippen molar-refractivity contribution in [3.8, 4) is 16.9 Å². The summed E-state index contributed by atoms with van der Waals surface area (Å²) < 4.78 is 38.7. The van der Waals surface area contributed by atoms with Crippen LogP contribution < -0.4 is 5.56 Å². The van der Waals surface area contributed by atoms with Crippen LogP contribution in [-0.4, -0.2) is 10.1 Å². The van der Waals surface area contributed by atoms with Gasteiger partial charge in [0.05, 0.1) is 5.56 Å². The summed E-state index contributed by atoms with van der Waals surface area (Å²) in [5.41, 5.74) is -0.801. The Morgan fingerprint density at radius 3 is 2.32 bits per heavy atom. The molecule has 22 heavy (non-hydrogen) atoms. The number of H-pyrrole nitrogens is 1. The molecule has 0 bridgehead atoms. The Morgan fingerprint density at radius 2 is 1.68 bits per heavy atom. The van der Waals surface area contributed by atoms with Crippen LogP contribution in [0.4, 0.5) is 13.2 Å². The quantitative estimate of drug-likeness (QED) is 0.716. The summed E-state index contributed by atoms with van der Waals surface area (Å²) in [5, 5.41) is 10.2. The van der Waals surface area contributed by atoms with E-state index in [9.17, 15) is 23.1 Å². The van der Waals surface area contributed by atoms with Crippen LogP contribution in [0.3, 0.4) is 0 Å². The highest BCUT2D eigenvalue weighted by Gasteiger charge is 2.31. The van der Waals surface area contributed by atoms with Gasteiger partial charge < -0.3 is 10.1 Å². The van der Waals surface area contributed by atoms with E-state index in [1.807, 2.05) is 0 Å². The molecule has 0 saturated heterocycles. The first-order chi connectivity index (χ1) is 10.4. The number of hydrogen-bond donors (Lipinski definition) is 2. The number of hydrogen-bond acceptors (Lipinski definition) is 2. The number of alkyl halides is 3. The summed E-state index contributed by atoms with van der Waals surface area (Å²) >= 11 is 0. The minimum absolute atomic E-state index is 0.0884. The molecule has 0 aliphatic heterocycles. The van der Waals surface area contributed by atoms with Crippen LogP contribution in [0, 0.1) is 0 Å². The first-order valence-electron chi connectivity index (χ1n) is 6.39. The molecule has 0 aliphatic rings. The zero-order chi connectivity index (χ0) is 15.9. The smallest absolute Gasteiger partial charge is 0.416 e. The summed E-state index contributed by atoms with van der Waals surface area (Å²) in [6, 6.07) is 11.3. The summed E-state index contributed by atoms with van der Waals surface area (Å²) in [4.78, 5) is 14.2. The van der Waals surface area contributed by atoms with Crippen LogP contribution in [0.15, 0.2) is 53.3 Å². The zero-order valence-electron chi connectivity index (χ0n) is 11.1. The third kappa shape index (κ3) is 2.32. The van der Waals surface area contributed by atoms with Crippen molar-refractivity contribution in [2.75, 3.05) is 0 Å². The maximum atomic E-state index is 12.9. The van der Waals surface area contributed by atoms with Crippen molar-refractivity contribution in [1.82, 2.24) is 4.98 Å². The van der Waals surface area contributed by atoms with Gasteiger partial charge in [-0.05, 0) is 23.8 Å². The van der Waals surface area contributed by atoms with E-state index in [-0.39, 0.29) is 16.5 Å². The van der Waals surface area contributed by atoms with E-state index in [0.717, 1.165) is 12.1 Å². The Morgan fingerprint density at radius 1 is 1.00 bits per heavy atom. The predicted octanol–water partition coefficient (Wildman–Crippen LogP) is 3.92. The zero-order valence-corrected chi connectivity index (χ0v) is 11.1. The second-order valence-corrected chi connectivity index (χ2v) is 4.80. The number of pyridine rings is 1. The third-order valence-electron chi connectivity index (χ3n) is 3.38. The van der Waals surface area contributed by atoms with Gasteiger partial charge in [-0.2, -0.15) is 13.2 Å². The molecule has 2 N–H and O–H groups in total. The molecule has 0 unspecified atom stereocenters. The van der Waals surface area contributed by atoms with E-state index in [4.69, 9.17) is 0 Å². The summed E-state index contributed by atoms with van der Waals surface area (Å²) in [6.45, 7) is 0. The van der Waals surface area contributed by atoms with Crippen LogP contribution in [0.25, 0.3) is 22.0 Å². The Labute approximate surface area is 122 Å². The van der Waals surface area contributed by atoms with Gasteiger partial charge in [0.25, 0.3) is 5.56 Å². The maximum absolute atomic E-state index is 12.9. The molecule has 0 atom stereocenters. The summed E-state index contributed by atoms with van der Waals surface area (Å²) in [7, 11) is 0. The number of nitrogens with one attached hydrogen (secondary N) is 1. The van der Waals surface area contributed by atoms with Gasteiger partial charge in [0, 0.05) is 16.5 Å². The van der Waals surface area contributed by atoms with Gasteiger partial charge in [0.1, 0.15) is 0 Å². The summed E-state index contributed by atoms with van der Waals surface area (Å²) in [5.74, 6) is -0.599. The van der Waals surface area contributed by atoms with E-state index in [0.29, 0.717) is 5.56 Å². The number of halogens is 3. The molecule has 0 amide bonds. The number of fused-ring (bicyclic) bond motifs is 1. The number of benzene rings is 2. The van der Waals surface area contributed by atoms with Crippen molar-refractivity contribution in [2.24, 2.45) is 0 Å². The molecular formula is C16H10F3NO2. The van der Waals surface area contributed by atoms with E-state index >= 15 is 0 Å². The number of rotatable bonds is 1. The molecule has 3 nitrogen and oxygen atoms in total. The highest BCUT2D eigenvalue weighted by Crippen LogP contribution is 2.37. The predicted molar refractivity (Wildman–Crippen MR) is 76.7 cm³/mol. The van der Waals surface area contributed by atoms with Gasteiger partial charge in [0.15, 0.2) is 5.75 Å². The fraction of sp³-hybridized carbons (Fsp3) is 0.0625. The van der Waals surface area contributed by atoms with Crippen molar-refractivity contribution >= 4 is 10.9 Å². The van der Waals surface area contributed by atoms with Gasteiger partial charge in [-0.1, -0.05) is 30.3 Å². The van der Waals surface area contributed by atoms with Gasteiger partial charge in [0.2, 0.25) is 0 Å². The SMILES string of the molecule is O=c1[nH]c2ccc(C(F)(F)F)cc2c(-c2ccccc2)c1O. The fourth-order valence-electron chi connectivity index (χ4n) is 2.36. The molecule has 3 aromatic rings. The standard InChI is InChI=1S/C16H10F3NO2/c17-16(18,19)10-6-7-12-11(8-10)13(14(21)15(22)20-12)9-4-2-1-3-5-9/h1-8,21H,(H,20,22). The second-order valence-electron chi connectivity index (χ2n) is 4.80. The number of aromatic hydroxyl groups is 1. The molecule has 112 valence electrons. The molecule has 0 fully saturated rings. The average molecular weight is 305 g/mol. The van der Waals surface area contributed by atoms with E-state index in [1.165, 1.54) is 6.07 Å². The first kappa shape index (κ1) is 14.2. The topological polar surface area (TPSA) is 53.1 Å². The largest absolute Gasteiger partial charge is 0.503 e. The van der Waals surface area contributed by atoms with Crippen molar-refractivity contribution in [1.29, 1.82) is 0 Å². The minimum Gasteiger partial charge on any atom is -0.503 e. The normalized spacial score (nSPS) is 11.8. The molecular weight excluding hydrogens is 295 g/mol. The average Bonchev–Trinajstić information content (AvgIpc) is 2.48. The molecule has 1 aromatic heterocycles. The van der Waals surface area contributed by atoms with Crippen molar-refractivity contribution < 1.29 is 18.3 Å². The Hall–Kier alpha value is -2.76. The fourth-order valence-corrected chi connectivity index (χ4v) is 2.36. The number of aromatic amines is 1. The van der Waals surface area contributed by atoms with Crippen LogP contribution in [0.5, 0.6) is 5.75 Å². The van der Waals surface area contributed by atoms with Crippen LogP contribution in [0.1, 0.15) is 5.56 Å². The van der Waals surface area contributed by atoms with Crippen LogP contribution in [-0.2, 0) is 6.18 Å². The van der Waals surface area contributed by atoms with Crippen molar-refractivity contribution in [3.63, 3.8) is 0 Å². The third-order valence-corrected chi connectivity index (χ3v) is 3.38. The Kier molecular flexibility index (Phi) is 3.16. The van der Waals surface area contributed by atoms with E-state index in [1.54, 1.807) is 30.3 Å². The van der Waals surface area contributed by atoms with E-state index in [2.05, 4.69) is 4.98 Å². The molecule has 1 heterocycles. The minimum atomic E-state index is -4.51. The molecule has 6 heteroatoms. The van der Waals surface area contributed by atoms with E-state index < -0.39 is 23.0 Å². The van der Waals surface area contributed by atoms with Crippen LogP contribution >= 0.6 is 0 Å². The number of aromatic nitrogens is 1. The molecule has 0 aliphatic carbocycles. The molecule has 0 saturated carbocycles. The molecule has 2 aromatic carbocycles. The lowest BCUT2D eigenvalue weighted by Gasteiger charge is -2.12. The first-order valence-corrected chi connectivity index (χ1v) is 6.39. The summed E-state index contributed by atoms with van der Waals surface area (Å²) in [6.07, 6.45) is -4.51.